The molecular formula is C16H17N5O. The second-order valence-electron chi connectivity index (χ2n) is 5.78. The number of carbonyl (C=O) groups is 1. The topological polar surface area (TPSA) is 62.2 Å². The summed E-state index contributed by atoms with van der Waals surface area (Å²) in [6.07, 6.45) is 8.29. The minimum atomic E-state index is 0.163. The van der Waals surface area contributed by atoms with Gasteiger partial charge in [0, 0.05) is 31.7 Å². The van der Waals surface area contributed by atoms with E-state index >= 15 is 0 Å². The number of amides is 1. The minimum absolute atomic E-state index is 0.163. The summed E-state index contributed by atoms with van der Waals surface area (Å²) in [4.78, 5) is 29.1. The van der Waals surface area contributed by atoms with Crippen LogP contribution in [0, 0.1) is 0 Å². The Kier molecular flexibility index (Phi) is 3.31. The summed E-state index contributed by atoms with van der Waals surface area (Å²) >= 11 is 0. The van der Waals surface area contributed by atoms with Crippen LogP contribution in [0.4, 0.5) is 5.69 Å². The van der Waals surface area contributed by atoms with E-state index in [-0.39, 0.29) is 18.0 Å². The van der Waals surface area contributed by atoms with Gasteiger partial charge in [-0.2, -0.15) is 0 Å². The van der Waals surface area contributed by atoms with Gasteiger partial charge >= 0.3 is 0 Å². The molecule has 0 saturated carbocycles. The van der Waals surface area contributed by atoms with E-state index in [0.717, 1.165) is 30.9 Å². The Morgan fingerprint density at radius 1 is 1.18 bits per heavy atom. The third-order valence-electron chi connectivity index (χ3n) is 4.53. The molecule has 2 unspecified atom stereocenters. The number of rotatable bonds is 3. The van der Waals surface area contributed by atoms with Crippen LogP contribution in [0.25, 0.3) is 0 Å². The zero-order valence-corrected chi connectivity index (χ0v) is 12.2. The van der Waals surface area contributed by atoms with Crippen LogP contribution in [0.1, 0.15) is 18.5 Å². The Bertz CT molecular complexity index is 663. The Labute approximate surface area is 128 Å². The van der Waals surface area contributed by atoms with E-state index in [0.29, 0.717) is 6.42 Å². The molecule has 2 fully saturated rings. The molecule has 1 amide bonds. The van der Waals surface area contributed by atoms with Gasteiger partial charge in [-0.1, -0.05) is 6.07 Å². The Hall–Kier alpha value is -2.34. The van der Waals surface area contributed by atoms with E-state index in [1.54, 1.807) is 12.4 Å². The Morgan fingerprint density at radius 3 is 2.82 bits per heavy atom. The van der Waals surface area contributed by atoms with Crippen molar-refractivity contribution in [2.45, 2.75) is 31.5 Å². The standard InChI is InChI=1S/C16H17N5O/c22-16-7-15-14(21(16)13-8-17-11-18-9-13)4-6-20(15)10-12-3-1-2-5-19-12/h1-3,5,8-9,11,14-15H,4,6-7,10H2. The molecule has 0 aliphatic carbocycles. The lowest BCUT2D eigenvalue weighted by atomic mass is 10.1. The molecule has 112 valence electrons. The SMILES string of the molecule is O=C1CC2C(CCN2Cc2ccccn2)N1c1cncnc1. The predicted octanol–water partition coefficient (Wildman–Crippen LogP) is 1.25. The van der Waals surface area contributed by atoms with Gasteiger partial charge in [0.1, 0.15) is 6.33 Å². The average molecular weight is 295 g/mol. The first kappa shape index (κ1) is 13.3. The maximum atomic E-state index is 12.4. The molecule has 2 aliphatic heterocycles. The van der Waals surface area contributed by atoms with Gasteiger partial charge in [-0.25, -0.2) is 9.97 Å². The molecule has 2 aromatic rings. The van der Waals surface area contributed by atoms with Crippen LogP contribution >= 0.6 is 0 Å². The number of carbonyl (C=O) groups excluding carboxylic acids is 1. The van der Waals surface area contributed by atoms with Crippen molar-refractivity contribution in [2.75, 3.05) is 11.4 Å². The molecule has 0 spiro atoms. The Morgan fingerprint density at radius 2 is 2.05 bits per heavy atom. The van der Waals surface area contributed by atoms with Gasteiger partial charge in [-0.05, 0) is 18.6 Å². The highest BCUT2D eigenvalue weighted by Gasteiger charge is 2.47. The number of likely N-dealkylation sites (tertiary alicyclic amines) is 1. The molecular weight excluding hydrogens is 278 g/mol. The van der Waals surface area contributed by atoms with Crippen molar-refractivity contribution in [3.05, 3.63) is 48.8 Å². The van der Waals surface area contributed by atoms with Crippen molar-refractivity contribution in [2.24, 2.45) is 0 Å². The van der Waals surface area contributed by atoms with E-state index < -0.39 is 0 Å². The largest absolute Gasteiger partial charge is 0.305 e. The van der Waals surface area contributed by atoms with Crippen LogP contribution in [-0.4, -0.2) is 44.4 Å². The summed E-state index contributed by atoms with van der Waals surface area (Å²) in [7, 11) is 0. The molecule has 4 rings (SSSR count). The summed E-state index contributed by atoms with van der Waals surface area (Å²) < 4.78 is 0. The van der Waals surface area contributed by atoms with Crippen molar-refractivity contribution in [3.63, 3.8) is 0 Å². The van der Waals surface area contributed by atoms with Gasteiger partial charge in [0.05, 0.1) is 29.8 Å². The monoisotopic (exact) mass is 295 g/mol. The molecule has 2 atom stereocenters. The number of pyridine rings is 1. The van der Waals surface area contributed by atoms with E-state index in [9.17, 15) is 4.79 Å². The van der Waals surface area contributed by atoms with Crippen molar-refractivity contribution >= 4 is 11.6 Å². The molecule has 6 heteroatoms. The fraction of sp³-hybridized carbons (Fsp3) is 0.375. The number of fused-ring (bicyclic) bond motifs is 1. The molecule has 22 heavy (non-hydrogen) atoms. The third-order valence-corrected chi connectivity index (χ3v) is 4.53. The molecule has 4 heterocycles. The second-order valence-corrected chi connectivity index (χ2v) is 5.78. The highest BCUT2D eigenvalue weighted by atomic mass is 16.2. The van der Waals surface area contributed by atoms with Crippen LogP contribution in [0.2, 0.25) is 0 Å². The van der Waals surface area contributed by atoms with E-state index in [1.165, 1.54) is 6.33 Å². The summed E-state index contributed by atoms with van der Waals surface area (Å²) in [5.41, 5.74) is 1.86. The maximum Gasteiger partial charge on any atom is 0.229 e. The van der Waals surface area contributed by atoms with Crippen LogP contribution in [-0.2, 0) is 11.3 Å². The molecule has 0 bridgehead atoms. The zero-order valence-electron chi connectivity index (χ0n) is 12.2. The fourth-order valence-electron chi connectivity index (χ4n) is 3.58. The number of anilines is 1. The van der Waals surface area contributed by atoms with E-state index in [1.807, 2.05) is 29.3 Å². The van der Waals surface area contributed by atoms with Crippen molar-refractivity contribution < 1.29 is 4.79 Å². The lowest BCUT2D eigenvalue weighted by Crippen LogP contribution is -2.37. The molecule has 6 nitrogen and oxygen atoms in total. The summed E-state index contributed by atoms with van der Waals surface area (Å²) in [6, 6.07) is 6.44. The highest BCUT2D eigenvalue weighted by Crippen LogP contribution is 2.35. The number of nitrogens with zero attached hydrogens (tertiary/aromatic N) is 5. The van der Waals surface area contributed by atoms with Crippen molar-refractivity contribution in [3.8, 4) is 0 Å². The van der Waals surface area contributed by atoms with Gasteiger partial charge in [0.25, 0.3) is 0 Å². The van der Waals surface area contributed by atoms with Crippen LogP contribution in [0.3, 0.4) is 0 Å². The smallest absolute Gasteiger partial charge is 0.229 e. The summed E-state index contributed by atoms with van der Waals surface area (Å²) in [5, 5.41) is 0. The quantitative estimate of drug-likeness (QED) is 0.853. The first-order chi connectivity index (χ1) is 10.8. The molecule has 2 aromatic heterocycles. The number of hydrogen-bond acceptors (Lipinski definition) is 5. The van der Waals surface area contributed by atoms with Crippen LogP contribution < -0.4 is 4.90 Å². The molecule has 2 saturated heterocycles. The van der Waals surface area contributed by atoms with Crippen molar-refractivity contribution in [1.29, 1.82) is 0 Å². The first-order valence-corrected chi connectivity index (χ1v) is 7.54. The lowest BCUT2D eigenvalue weighted by molar-refractivity contribution is -0.117. The van der Waals surface area contributed by atoms with Crippen LogP contribution in [0.15, 0.2) is 43.1 Å². The van der Waals surface area contributed by atoms with Gasteiger partial charge < -0.3 is 4.90 Å². The minimum Gasteiger partial charge on any atom is -0.305 e. The lowest BCUT2D eigenvalue weighted by Gasteiger charge is -2.24. The number of hydrogen-bond donors (Lipinski definition) is 0. The predicted molar refractivity (Wildman–Crippen MR) is 81.0 cm³/mol. The summed E-state index contributed by atoms with van der Waals surface area (Å²) in [5.74, 6) is 0.163. The zero-order chi connectivity index (χ0) is 14.9. The van der Waals surface area contributed by atoms with Crippen LogP contribution in [0.5, 0.6) is 0 Å². The Balaban J connectivity index is 1.54. The fourth-order valence-corrected chi connectivity index (χ4v) is 3.58. The van der Waals surface area contributed by atoms with Gasteiger partial charge in [-0.3, -0.25) is 14.7 Å². The molecule has 2 aliphatic rings. The first-order valence-electron chi connectivity index (χ1n) is 7.54. The van der Waals surface area contributed by atoms with E-state index in [4.69, 9.17) is 0 Å². The maximum absolute atomic E-state index is 12.4. The van der Waals surface area contributed by atoms with Gasteiger partial charge in [-0.15, -0.1) is 0 Å². The second kappa shape index (κ2) is 5.46. The van der Waals surface area contributed by atoms with E-state index in [2.05, 4.69) is 19.9 Å². The van der Waals surface area contributed by atoms with Gasteiger partial charge in [0.15, 0.2) is 0 Å². The summed E-state index contributed by atoms with van der Waals surface area (Å²) in [6.45, 7) is 1.79. The molecule has 0 radical (unpaired) electrons. The molecule has 0 aromatic carbocycles. The van der Waals surface area contributed by atoms with Crippen molar-refractivity contribution in [1.82, 2.24) is 19.9 Å². The third kappa shape index (κ3) is 2.25. The average Bonchev–Trinajstić information content (AvgIpc) is 3.08. The highest BCUT2D eigenvalue weighted by molar-refractivity contribution is 5.97. The number of aromatic nitrogens is 3. The van der Waals surface area contributed by atoms with Gasteiger partial charge in [0.2, 0.25) is 5.91 Å². The molecule has 0 N–H and O–H groups in total. The normalized spacial score (nSPS) is 24.7.